The van der Waals surface area contributed by atoms with Crippen LogP contribution in [0, 0.1) is 0 Å². The summed E-state index contributed by atoms with van der Waals surface area (Å²) in [5, 5.41) is 9.67. The molecule has 1 aromatic carbocycles. The molecule has 0 aliphatic heterocycles. The number of hydrogen-bond acceptors (Lipinski definition) is 4. The normalized spacial score (nSPS) is 9.87. The van der Waals surface area contributed by atoms with Gasteiger partial charge in [-0.25, -0.2) is 0 Å². The highest BCUT2D eigenvalue weighted by Gasteiger charge is 2.18. The van der Waals surface area contributed by atoms with E-state index in [1.807, 2.05) is 6.92 Å². The van der Waals surface area contributed by atoms with Gasteiger partial charge in [0.05, 0.1) is 21.3 Å². The van der Waals surface area contributed by atoms with Gasteiger partial charge >= 0.3 is 0 Å². The standard InChI is InChI=1S/C11H16O4/c1-5-7-9(13-2)6-8(12)11(15-4)10(7)14-3/h6,12H,5H2,1-4H3. The van der Waals surface area contributed by atoms with Gasteiger partial charge < -0.3 is 19.3 Å². The van der Waals surface area contributed by atoms with E-state index in [0.717, 1.165) is 12.0 Å². The molecule has 0 amide bonds. The van der Waals surface area contributed by atoms with E-state index in [-0.39, 0.29) is 5.75 Å². The van der Waals surface area contributed by atoms with Crippen LogP contribution in [0.5, 0.6) is 23.0 Å². The summed E-state index contributed by atoms with van der Waals surface area (Å²) in [5.41, 5.74) is 0.884. The average Bonchev–Trinajstić information content (AvgIpc) is 2.27. The van der Waals surface area contributed by atoms with Crippen LogP contribution in [0.15, 0.2) is 6.07 Å². The maximum absolute atomic E-state index is 9.67. The molecule has 1 N–H and O–H groups in total. The van der Waals surface area contributed by atoms with Crippen LogP contribution in [0.1, 0.15) is 12.5 Å². The number of methoxy groups -OCH3 is 3. The van der Waals surface area contributed by atoms with Crippen molar-refractivity contribution in [2.45, 2.75) is 13.3 Å². The van der Waals surface area contributed by atoms with Gasteiger partial charge in [0, 0.05) is 11.6 Å². The van der Waals surface area contributed by atoms with Crippen molar-refractivity contribution in [1.29, 1.82) is 0 Å². The highest BCUT2D eigenvalue weighted by atomic mass is 16.5. The monoisotopic (exact) mass is 212 g/mol. The van der Waals surface area contributed by atoms with Crippen LogP contribution in [-0.4, -0.2) is 26.4 Å². The fourth-order valence-corrected chi connectivity index (χ4v) is 1.57. The molecule has 4 heteroatoms. The van der Waals surface area contributed by atoms with Crippen LogP contribution in [-0.2, 0) is 6.42 Å². The van der Waals surface area contributed by atoms with Gasteiger partial charge in [-0.05, 0) is 6.42 Å². The Morgan fingerprint density at radius 2 is 1.67 bits per heavy atom. The molecule has 0 bridgehead atoms. The van der Waals surface area contributed by atoms with Crippen LogP contribution in [0.3, 0.4) is 0 Å². The Hall–Kier alpha value is -1.58. The van der Waals surface area contributed by atoms with Crippen molar-refractivity contribution >= 4 is 0 Å². The molecule has 1 aromatic rings. The lowest BCUT2D eigenvalue weighted by atomic mass is 10.1. The molecule has 0 radical (unpaired) electrons. The van der Waals surface area contributed by atoms with Crippen molar-refractivity contribution in [3.8, 4) is 23.0 Å². The zero-order valence-electron chi connectivity index (χ0n) is 9.46. The molecule has 84 valence electrons. The number of rotatable bonds is 4. The molecule has 0 aromatic heterocycles. The van der Waals surface area contributed by atoms with E-state index in [0.29, 0.717) is 17.2 Å². The lowest BCUT2D eigenvalue weighted by Gasteiger charge is -2.16. The Morgan fingerprint density at radius 1 is 1.07 bits per heavy atom. The van der Waals surface area contributed by atoms with E-state index in [2.05, 4.69) is 0 Å². The van der Waals surface area contributed by atoms with E-state index < -0.39 is 0 Å². The minimum absolute atomic E-state index is 0.0170. The zero-order valence-corrected chi connectivity index (χ0v) is 9.46. The Morgan fingerprint density at radius 3 is 2.07 bits per heavy atom. The minimum Gasteiger partial charge on any atom is -0.504 e. The van der Waals surface area contributed by atoms with Crippen LogP contribution in [0.25, 0.3) is 0 Å². The third-order valence-electron chi connectivity index (χ3n) is 2.26. The van der Waals surface area contributed by atoms with E-state index >= 15 is 0 Å². The fourth-order valence-electron chi connectivity index (χ4n) is 1.57. The molecule has 4 nitrogen and oxygen atoms in total. The summed E-state index contributed by atoms with van der Waals surface area (Å²) in [6, 6.07) is 1.53. The molecule has 0 saturated carbocycles. The second-order valence-electron chi connectivity index (χ2n) is 3.00. The molecule has 0 saturated heterocycles. The smallest absolute Gasteiger partial charge is 0.203 e. The number of hydrogen-bond donors (Lipinski definition) is 1. The summed E-state index contributed by atoms with van der Waals surface area (Å²) < 4.78 is 15.5. The van der Waals surface area contributed by atoms with Gasteiger partial charge in [-0.1, -0.05) is 6.92 Å². The summed E-state index contributed by atoms with van der Waals surface area (Å²) in [7, 11) is 4.58. The van der Waals surface area contributed by atoms with E-state index in [1.165, 1.54) is 20.3 Å². The second kappa shape index (κ2) is 4.77. The zero-order chi connectivity index (χ0) is 11.4. The summed E-state index contributed by atoms with van der Waals surface area (Å²) in [4.78, 5) is 0. The Bertz CT molecular complexity index is 347. The van der Waals surface area contributed by atoms with Crippen LogP contribution in [0.2, 0.25) is 0 Å². The van der Waals surface area contributed by atoms with Crippen LogP contribution in [0.4, 0.5) is 0 Å². The summed E-state index contributed by atoms with van der Waals surface area (Å²) in [6.07, 6.45) is 0.739. The lowest BCUT2D eigenvalue weighted by Crippen LogP contribution is -1.99. The maximum Gasteiger partial charge on any atom is 0.203 e. The number of phenolic OH excluding ortho intramolecular Hbond substituents is 1. The quantitative estimate of drug-likeness (QED) is 0.829. The summed E-state index contributed by atoms with van der Waals surface area (Å²) in [5.74, 6) is 1.49. The molecular weight excluding hydrogens is 196 g/mol. The maximum atomic E-state index is 9.67. The van der Waals surface area contributed by atoms with E-state index in [9.17, 15) is 5.11 Å². The first-order valence-corrected chi connectivity index (χ1v) is 4.70. The van der Waals surface area contributed by atoms with Gasteiger partial charge in [-0.2, -0.15) is 0 Å². The fraction of sp³-hybridized carbons (Fsp3) is 0.455. The van der Waals surface area contributed by atoms with E-state index in [1.54, 1.807) is 7.11 Å². The molecule has 0 aliphatic carbocycles. The molecule has 0 unspecified atom stereocenters. The number of aromatic hydroxyl groups is 1. The molecule has 15 heavy (non-hydrogen) atoms. The van der Waals surface area contributed by atoms with Gasteiger partial charge in [0.25, 0.3) is 0 Å². The average molecular weight is 212 g/mol. The molecule has 0 fully saturated rings. The van der Waals surface area contributed by atoms with Crippen LogP contribution >= 0.6 is 0 Å². The summed E-state index contributed by atoms with van der Waals surface area (Å²) >= 11 is 0. The van der Waals surface area contributed by atoms with Crippen molar-refractivity contribution < 1.29 is 19.3 Å². The largest absolute Gasteiger partial charge is 0.504 e. The Balaban J connectivity index is 3.44. The third kappa shape index (κ3) is 1.93. The van der Waals surface area contributed by atoms with Gasteiger partial charge in [0.1, 0.15) is 5.75 Å². The number of benzene rings is 1. The van der Waals surface area contributed by atoms with E-state index in [4.69, 9.17) is 14.2 Å². The van der Waals surface area contributed by atoms with Crippen molar-refractivity contribution in [3.05, 3.63) is 11.6 Å². The molecule has 0 spiro atoms. The highest BCUT2D eigenvalue weighted by molar-refractivity contribution is 5.61. The van der Waals surface area contributed by atoms with Gasteiger partial charge in [-0.15, -0.1) is 0 Å². The minimum atomic E-state index is 0.0170. The van der Waals surface area contributed by atoms with Gasteiger partial charge in [-0.3, -0.25) is 0 Å². The van der Waals surface area contributed by atoms with Crippen molar-refractivity contribution in [3.63, 3.8) is 0 Å². The second-order valence-corrected chi connectivity index (χ2v) is 3.00. The van der Waals surface area contributed by atoms with Crippen molar-refractivity contribution in [2.75, 3.05) is 21.3 Å². The first-order chi connectivity index (χ1) is 7.19. The highest BCUT2D eigenvalue weighted by Crippen LogP contribution is 2.44. The number of phenols is 1. The van der Waals surface area contributed by atoms with Crippen molar-refractivity contribution in [1.82, 2.24) is 0 Å². The number of ether oxygens (including phenoxy) is 3. The topological polar surface area (TPSA) is 47.9 Å². The SMILES string of the molecule is CCc1c(OC)cc(O)c(OC)c1OC. The van der Waals surface area contributed by atoms with Gasteiger partial charge in [0.2, 0.25) is 5.75 Å². The predicted molar refractivity (Wildman–Crippen MR) is 57.1 cm³/mol. The molecular formula is C11H16O4. The third-order valence-corrected chi connectivity index (χ3v) is 2.26. The molecule has 1 rings (SSSR count). The predicted octanol–water partition coefficient (Wildman–Crippen LogP) is 1.98. The first-order valence-electron chi connectivity index (χ1n) is 4.70. The van der Waals surface area contributed by atoms with Crippen molar-refractivity contribution in [2.24, 2.45) is 0 Å². The Kier molecular flexibility index (Phi) is 3.66. The van der Waals surface area contributed by atoms with Gasteiger partial charge in [0.15, 0.2) is 11.5 Å². The van der Waals surface area contributed by atoms with Crippen LogP contribution < -0.4 is 14.2 Å². The molecule has 0 aliphatic rings. The summed E-state index contributed by atoms with van der Waals surface area (Å²) in [6.45, 7) is 1.98. The molecule has 0 atom stereocenters. The first kappa shape index (κ1) is 11.5. The molecule has 0 heterocycles. The lowest BCUT2D eigenvalue weighted by molar-refractivity contribution is 0.323. The Labute approximate surface area is 89.4 Å².